The third-order valence-corrected chi connectivity index (χ3v) is 5.23. The van der Waals surface area contributed by atoms with Crippen molar-refractivity contribution in [2.75, 3.05) is 0 Å². The highest BCUT2D eigenvalue weighted by Gasteiger charge is 2.23. The van der Waals surface area contributed by atoms with E-state index >= 15 is 0 Å². The molecule has 140 valence electrons. The number of fused-ring (bicyclic) bond motifs is 1. The average Bonchev–Trinajstić information content (AvgIpc) is 3.08. The van der Waals surface area contributed by atoms with E-state index in [9.17, 15) is 14.9 Å². The highest BCUT2D eigenvalue weighted by molar-refractivity contribution is 7.19. The molecular formula is C20H20N2O4S. The van der Waals surface area contributed by atoms with Gasteiger partial charge in [0.1, 0.15) is 11.1 Å². The van der Waals surface area contributed by atoms with Gasteiger partial charge in [-0.3, -0.25) is 10.1 Å². The first-order chi connectivity index (χ1) is 13.0. The number of thiazole rings is 1. The molecule has 0 spiro atoms. The summed E-state index contributed by atoms with van der Waals surface area (Å²) in [4.78, 5) is 27.1. The molecule has 6 nitrogen and oxygen atoms in total. The number of carbonyl (C=O) groups is 1. The summed E-state index contributed by atoms with van der Waals surface area (Å²) in [5, 5.41) is 11.7. The molecule has 2 aromatic rings. The van der Waals surface area contributed by atoms with Crippen LogP contribution < -0.4 is 0 Å². The van der Waals surface area contributed by atoms with Gasteiger partial charge >= 0.3 is 5.97 Å². The molecule has 1 unspecified atom stereocenters. The molecule has 0 radical (unpaired) electrons. The molecule has 7 heteroatoms. The van der Waals surface area contributed by atoms with Crippen molar-refractivity contribution in [1.29, 1.82) is 0 Å². The number of ether oxygens (including phenoxy) is 1. The zero-order valence-corrected chi connectivity index (χ0v) is 15.7. The first-order valence-electron chi connectivity index (χ1n) is 8.76. The van der Waals surface area contributed by atoms with Gasteiger partial charge in [-0.1, -0.05) is 24.3 Å². The highest BCUT2D eigenvalue weighted by Crippen LogP contribution is 2.23. The van der Waals surface area contributed by atoms with Crippen molar-refractivity contribution >= 4 is 33.6 Å². The number of carbonyl (C=O) groups excluding carboxylic acids is 1. The predicted molar refractivity (Wildman–Crippen MR) is 106 cm³/mol. The SMILES string of the molecule is C[C@H](C=Cc1nc2ccccc2s1)OC(=O)C=CC1=CCCC([N+](=O)[O-])C1. The van der Waals surface area contributed by atoms with Gasteiger partial charge in [0.2, 0.25) is 6.04 Å². The Hall–Kier alpha value is -2.80. The Morgan fingerprint density at radius 1 is 1.41 bits per heavy atom. The molecule has 0 bridgehead atoms. The molecule has 0 fully saturated rings. The van der Waals surface area contributed by atoms with Gasteiger partial charge in [-0.15, -0.1) is 11.3 Å². The minimum absolute atomic E-state index is 0.256. The Morgan fingerprint density at radius 3 is 3.00 bits per heavy atom. The van der Waals surface area contributed by atoms with Crippen LogP contribution in [0.2, 0.25) is 0 Å². The number of para-hydroxylation sites is 1. The third-order valence-electron chi connectivity index (χ3n) is 4.23. The van der Waals surface area contributed by atoms with Gasteiger partial charge in [0.05, 0.1) is 10.2 Å². The number of benzene rings is 1. The fraction of sp³-hybridized carbons (Fsp3) is 0.300. The average molecular weight is 384 g/mol. The van der Waals surface area contributed by atoms with Crippen LogP contribution in [0.3, 0.4) is 0 Å². The van der Waals surface area contributed by atoms with Gasteiger partial charge in [0.25, 0.3) is 0 Å². The number of esters is 1. The lowest BCUT2D eigenvalue weighted by Crippen LogP contribution is -2.22. The lowest BCUT2D eigenvalue weighted by Gasteiger charge is -2.14. The molecule has 0 saturated heterocycles. The van der Waals surface area contributed by atoms with E-state index in [1.807, 2.05) is 36.4 Å². The van der Waals surface area contributed by atoms with Crippen LogP contribution in [0.25, 0.3) is 16.3 Å². The van der Waals surface area contributed by atoms with Gasteiger partial charge in [0.15, 0.2) is 0 Å². The zero-order valence-electron chi connectivity index (χ0n) is 14.9. The molecular weight excluding hydrogens is 364 g/mol. The number of nitrogens with zero attached hydrogens (tertiary/aromatic N) is 2. The van der Waals surface area contributed by atoms with Crippen molar-refractivity contribution < 1.29 is 14.5 Å². The second-order valence-corrected chi connectivity index (χ2v) is 7.42. The summed E-state index contributed by atoms with van der Waals surface area (Å²) in [6, 6.07) is 7.33. The minimum Gasteiger partial charge on any atom is -0.455 e. The van der Waals surface area contributed by atoms with Crippen LogP contribution in [0.1, 0.15) is 31.2 Å². The van der Waals surface area contributed by atoms with E-state index in [-0.39, 0.29) is 4.92 Å². The van der Waals surface area contributed by atoms with E-state index in [4.69, 9.17) is 4.74 Å². The molecule has 1 aliphatic carbocycles. The van der Waals surface area contributed by atoms with E-state index < -0.39 is 18.1 Å². The Balaban J connectivity index is 1.52. The van der Waals surface area contributed by atoms with Gasteiger partial charge in [-0.2, -0.15) is 0 Å². The number of allylic oxidation sites excluding steroid dienone is 2. The lowest BCUT2D eigenvalue weighted by atomic mass is 9.95. The molecule has 3 rings (SSSR count). The molecule has 1 heterocycles. The summed E-state index contributed by atoms with van der Waals surface area (Å²) >= 11 is 1.57. The van der Waals surface area contributed by atoms with Gasteiger partial charge in [0, 0.05) is 23.8 Å². The molecule has 0 aliphatic heterocycles. The molecule has 0 N–H and O–H groups in total. The largest absolute Gasteiger partial charge is 0.455 e. The summed E-state index contributed by atoms with van der Waals surface area (Å²) in [6.07, 6.45) is 9.65. The van der Waals surface area contributed by atoms with E-state index in [1.54, 1.807) is 30.4 Å². The number of hydrogen-bond donors (Lipinski definition) is 0. The highest BCUT2D eigenvalue weighted by atomic mass is 32.1. The van der Waals surface area contributed by atoms with Crippen LogP contribution >= 0.6 is 11.3 Å². The van der Waals surface area contributed by atoms with Crippen LogP contribution in [-0.2, 0) is 9.53 Å². The fourth-order valence-corrected chi connectivity index (χ4v) is 3.73. The summed E-state index contributed by atoms with van der Waals surface area (Å²) in [5.74, 6) is -0.472. The second-order valence-electron chi connectivity index (χ2n) is 6.35. The van der Waals surface area contributed by atoms with E-state index in [2.05, 4.69) is 4.98 Å². The first-order valence-corrected chi connectivity index (χ1v) is 9.58. The number of nitro groups is 1. The quantitative estimate of drug-likeness (QED) is 0.316. The number of rotatable bonds is 6. The van der Waals surface area contributed by atoms with E-state index in [1.165, 1.54) is 6.08 Å². The second kappa shape index (κ2) is 8.73. The normalized spacial score (nSPS) is 18.7. The maximum atomic E-state index is 11.9. The Kier molecular flexibility index (Phi) is 6.13. The standard InChI is InChI=1S/C20H20N2O4S/c1-14(9-11-19-21-17-7-2-3-8-18(17)27-19)26-20(23)12-10-15-5-4-6-16(13-15)22(24)25/h2-3,5,7-12,14,16H,4,6,13H2,1H3/t14-,16?/m1/s1. The van der Waals surface area contributed by atoms with Crippen LogP contribution in [0, 0.1) is 10.1 Å². The molecule has 2 atom stereocenters. The number of hydrogen-bond acceptors (Lipinski definition) is 6. The topological polar surface area (TPSA) is 82.3 Å². The van der Waals surface area contributed by atoms with Crippen LogP contribution in [0.15, 0.2) is 54.1 Å². The van der Waals surface area contributed by atoms with Crippen molar-refractivity contribution in [3.63, 3.8) is 0 Å². The molecule has 1 aromatic heterocycles. The molecule has 1 aliphatic rings. The van der Waals surface area contributed by atoms with E-state index in [0.29, 0.717) is 19.3 Å². The van der Waals surface area contributed by atoms with E-state index in [0.717, 1.165) is 20.8 Å². The summed E-state index contributed by atoms with van der Waals surface area (Å²) in [6.45, 7) is 1.78. The van der Waals surface area contributed by atoms with Crippen molar-refractivity contribution in [3.8, 4) is 0 Å². The minimum atomic E-state index is -0.568. The van der Waals surface area contributed by atoms with Crippen LogP contribution in [-0.4, -0.2) is 28.0 Å². The lowest BCUT2D eigenvalue weighted by molar-refractivity contribution is -0.523. The van der Waals surface area contributed by atoms with Crippen LogP contribution in [0.4, 0.5) is 0 Å². The Labute approximate surface area is 161 Å². The van der Waals surface area contributed by atoms with Crippen molar-refractivity contribution in [1.82, 2.24) is 4.98 Å². The van der Waals surface area contributed by atoms with Gasteiger partial charge < -0.3 is 4.74 Å². The molecule has 27 heavy (non-hydrogen) atoms. The monoisotopic (exact) mass is 384 g/mol. The third kappa shape index (κ3) is 5.34. The maximum Gasteiger partial charge on any atom is 0.331 e. The fourth-order valence-electron chi connectivity index (χ4n) is 2.85. The van der Waals surface area contributed by atoms with Crippen molar-refractivity contribution in [2.45, 2.75) is 38.3 Å². The summed E-state index contributed by atoms with van der Waals surface area (Å²) < 4.78 is 6.42. The molecule has 0 saturated carbocycles. The summed E-state index contributed by atoms with van der Waals surface area (Å²) in [7, 11) is 0. The zero-order chi connectivity index (χ0) is 19.2. The van der Waals surface area contributed by atoms with Gasteiger partial charge in [-0.05, 0) is 43.2 Å². The van der Waals surface area contributed by atoms with Crippen LogP contribution in [0.5, 0.6) is 0 Å². The van der Waals surface area contributed by atoms with Crippen molar-refractivity contribution in [3.05, 3.63) is 69.3 Å². The summed E-state index contributed by atoms with van der Waals surface area (Å²) in [5.41, 5.74) is 1.75. The smallest absolute Gasteiger partial charge is 0.331 e. The predicted octanol–water partition coefficient (Wildman–Crippen LogP) is 4.55. The maximum absolute atomic E-state index is 11.9. The Morgan fingerprint density at radius 2 is 2.22 bits per heavy atom. The molecule has 0 amide bonds. The van der Waals surface area contributed by atoms with Gasteiger partial charge in [-0.25, -0.2) is 9.78 Å². The molecule has 1 aromatic carbocycles. The van der Waals surface area contributed by atoms with Crippen molar-refractivity contribution in [2.24, 2.45) is 0 Å². The first kappa shape index (κ1) is 19.0. The number of aromatic nitrogens is 1. The Bertz CT molecular complexity index is 896.